The van der Waals surface area contributed by atoms with Crippen LogP contribution in [0.4, 0.5) is 5.69 Å². The minimum atomic E-state index is 0.622. The van der Waals surface area contributed by atoms with Gasteiger partial charge in [-0.2, -0.15) is 5.10 Å². The highest BCUT2D eigenvalue weighted by Crippen LogP contribution is 2.35. The van der Waals surface area contributed by atoms with Gasteiger partial charge in [-0.25, -0.2) is 0 Å². The molecule has 0 amide bonds. The van der Waals surface area contributed by atoms with Crippen molar-refractivity contribution < 1.29 is 9.47 Å². The summed E-state index contributed by atoms with van der Waals surface area (Å²) in [7, 11) is 3.23. The van der Waals surface area contributed by atoms with E-state index in [4.69, 9.17) is 15.2 Å². The van der Waals surface area contributed by atoms with E-state index in [2.05, 4.69) is 10.2 Å². The van der Waals surface area contributed by atoms with Crippen LogP contribution in [0.3, 0.4) is 0 Å². The number of nitrogens with one attached hydrogen (secondary N) is 1. The number of H-pyrrole nitrogens is 1. The Morgan fingerprint density at radius 1 is 1.24 bits per heavy atom. The summed E-state index contributed by atoms with van der Waals surface area (Å²) in [4.78, 5) is 0. The molecule has 0 fully saturated rings. The van der Waals surface area contributed by atoms with Crippen LogP contribution in [0, 0.1) is 6.92 Å². The molecule has 3 N–H and O–H groups in total. The van der Waals surface area contributed by atoms with E-state index in [9.17, 15) is 0 Å². The highest BCUT2D eigenvalue weighted by atomic mass is 16.5. The third-order valence-corrected chi connectivity index (χ3v) is 2.66. The van der Waals surface area contributed by atoms with E-state index >= 15 is 0 Å². The van der Waals surface area contributed by atoms with Gasteiger partial charge < -0.3 is 15.2 Å². The first-order valence-corrected chi connectivity index (χ1v) is 5.20. The molecule has 1 heterocycles. The average molecular weight is 233 g/mol. The van der Waals surface area contributed by atoms with E-state index < -0.39 is 0 Å². The van der Waals surface area contributed by atoms with Gasteiger partial charge in [-0.05, 0) is 25.1 Å². The molecular weight excluding hydrogens is 218 g/mol. The van der Waals surface area contributed by atoms with Gasteiger partial charge in [0, 0.05) is 5.56 Å². The number of benzene rings is 1. The van der Waals surface area contributed by atoms with Crippen molar-refractivity contribution in [2.75, 3.05) is 20.0 Å². The van der Waals surface area contributed by atoms with Crippen LogP contribution >= 0.6 is 0 Å². The monoisotopic (exact) mass is 233 g/mol. The quantitative estimate of drug-likeness (QED) is 0.850. The predicted molar refractivity (Wildman–Crippen MR) is 66.3 cm³/mol. The lowest BCUT2D eigenvalue weighted by Gasteiger charge is -2.09. The van der Waals surface area contributed by atoms with E-state index in [1.165, 1.54) is 0 Å². The second-order valence-electron chi connectivity index (χ2n) is 3.68. The molecular formula is C12H15N3O2. The number of aromatic amines is 1. The molecule has 2 rings (SSSR count). The van der Waals surface area contributed by atoms with Crippen molar-refractivity contribution in [1.82, 2.24) is 10.2 Å². The van der Waals surface area contributed by atoms with Crippen molar-refractivity contribution in [3.63, 3.8) is 0 Å². The Bertz CT molecular complexity index is 535. The van der Waals surface area contributed by atoms with Crippen LogP contribution in [0.1, 0.15) is 5.69 Å². The van der Waals surface area contributed by atoms with Crippen LogP contribution in [0.5, 0.6) is 11.5 Å². The summed E-state index contributed by atoms with van der Waals surface area (Å²) in [5.41, 5.74) is 8.91. The molecule has 0 aliphatic rings. The number of methoxy groups -OCH3 is 2. The summed E-state index contributed by atoms with van der Waals surface area (Å²) in [5, 5.41) is 7.04. The molecule has 5 heteroatoms. The minimum Gasteiger partial charge on any atom is -0.497 e. The lowest BCUT2D eigenvalue weighted by atomic mass is 10.1. The Morgan fingerprint density at radius 3 is 2.53 bits per heavy atom. The van der Waals surface area contributed by atoms with Crippen molar-refractivity contribution in [2.24, 2.45) is 0 Å². The summed E-state index contributed by atoms with van der Waals surface area (Å²) < 4.78 is 10.5. The Labute approximate surface area is 99.5 Å². The van der Waals surface area contributed by atoms with Gasteiger partial charge >= 0.3 is 0 Å². The first-order chi connectivity index (χ1) is 8.17. The van der Waals surface area contributed by atoms with E-state index in [0.717, 1.165) is 17.0 Å². The second-order valence-corrected chi connectivity index (χ2v) is 3.68. The Morgan fingerprint density at radius 2 is 2.00 bits per heavy atom. The number of rotatable bonds is 3. The van der Waals surface area contributed by atoms with Gasteiger partial charge in [0.1, 0.15) is 17.2 Å². The molecule has 0 atom stereocenters. The van der Waals surface area contributed by atoms with Crippen molar-refractivity contribution in [2.45, 2.75) is 6.92 Å². The molecule has 0 radical (unpaired) electrons. The van der Waals surface area contributed by atoms with Gasteiger partial charge in [0.2, 0.25) is 0 Å². The topological polar surface area (TPSA) is 73.2 Å². The number of nitrogen functional groups attached to an aromatic ring is 1. The normalized spacial score (nSPS) is 10.3. The molecule has 0 spiro atoms. The fourth-order valence-electron chi connectivity index (χ4n) is 1.64. The summed E-state index contributed by atoms with van der Waals surface area (Å²) in [5.74, 6) is 1.45. The van der Waals surface area contributed by atoms with Crippen LogP contribution in [-0.2, 0) is 0 Å². The van der Waals surface area contributed by atoms with E-state index in [0.29, 0.717) is 17.1 Å². The summed E-state index contributed by atoms with van der Waals surface area (Å²) in [6.07, 6.45) is 0. The van der Waals surface area contributed by atoms with Gasteiger partial charge in [-0.3, -0.25) is 5.10 Å². The number of anilines is 1. The maximum atomic E-state index is 5.96. The molecule has 0 saturated heterocycles. The summed E-state index contributed by atoms with van der Waals surface area (Å²) >= 11 is 0. The van der Waals surface area contributed by atoms with Crippen LogP contribution < -0.4 is 15.2 Å². The molecule has 1 aromatic carbocycles. The molecule has 17 heavy (non-hydrogen) atoms. The summed E-state index contributed by atoms with van der Waals surface area (Å²) in [6, 6.07) is 5.51. The van der Waals surface area contributed by atoms with E-state index in [-0.39, 0.29) is 0 Å². The highest BCUT2D eigenvalue weighted by Gasteiger charge is 2.14. The fourth-order valence-corrected chi connectivity index (χ4v) is 1.64. The number of aromatic nitrogens is 2. The van der Waals surface area contributed by atoms with Gasteiger partial charge in [0.25, 0.3) is 0 Å². The smallest absolute Gasteiger partial charge is 0.128 e. The predicted octanol–water partition coefficient (Wildman–Crippen LogP) is 1.98. The minimum absolute atomic E-state index is 0.622. The molecule has 0 aliphatic carbocycles. The first kappa shape index (κ1) is 11.3. The Balaban J connectivity index is 2.60. The standard InChI is InChI=1S/C12H15N3O2/c1-7-11(13)12(15-14-7)9-6-8(16-2)4-5-10(9)17-3/h4-6H,13H2,1-3H3,(H,14,15). The number of aryl methyl sites for hydroxylation is 1. The second kappa shape index (κ2) is 4.37. The molecule has 0 saturated carbocycles. The molecule has 0 unspecified atom stereocenters. The number of hydrogen-bond donors (Lipinski definition) is 2. The van der Waals surface area contributed by atoms with Crippen molar-refractivity contribution in [1.29, 1.82) is 0 Å². The number of nitrogens with two attached hydrogens (primary N) is 1. The van der Waals surface area contributed by atoms with Gasteiger partial charge in [-0.1, -0.05) is 0 Å². The third kappa shape index (κ3) is 1.91. The van der Waals surface area contributed by atoms with Gasteiger partial charge in [0.15, 0.2) is 0 Å². The van der Waals surface area contributed by atoms with Crippen LogP contribution in [0.15, 0.2) is 18.2 Å². The fraction of sp³-hybridized carbons (Fsp3) is 0.250. The molecule has 0 bridgehead atoms. The van der Waals surface area contributed by atoms with E-state index in [1.807, 2.05) is 25.1 Å². The van der Waals surface area contributed by atoms with Gasteiger partial charge in [-0.15, -0.1) is 0 Å². The lowest BCUT2D eigenvalue weighted by molar-refractivity contribution is 0.404. The zero-order chi connectivity index (χ0) is 12.4. The molecule has 1 aromatic heterocycles. The first-order valence-electron chi connectivity index (χ1n) is 5.20. The summed E-state index contributed by atoms with van der Waals surface area (Å²) in [6.45, 7) is 1.87. The largest absolute Gasteiger partial charge is 0.497 e. The Kier molecular flexibility index (Phi) is 2.91. The molecule has 0 aliphatic heterocycles. The van der Waals surface area contributed by atoms with E-state index in [1.54, 1.807) is 14.2 Å². The number of hydrogen-bond acceptors (Lipinski definition) is 4. The van der Waals surface area contributed by atoms with Crippen molar-refractivity contribution >= 4 is 5.69 Å². The zero-order valence-electron chi connectivity index (χ0n) is 10.1. The lowest BCUT2D eigenvalue weighted by Crippen LogP contribution is -1.93. The van der Waals surface area contributed by atoms with Crippen LogP contribution in [-0.4, -0.2) is 24.4 Å². The maximum absolute atomic E-state index is 5.96. The average Bonchev–Trinajstić information content (AvgIpc) is 2.69. The molecule has 90 valence electrons. The molecule has 2 aromatic rings. The van der Waals surface area contributed by atoms with Crippen molar-refractivity contribution in [3.8, 4) is 22.8 Å². The highest BCUT2D eigenvalue weighted by molar-refractivity contribution is 5.79. The van der Waals surface area contributed by atoms with Crippen LogP contribution in [0.2, 0.25) is 0 Å². The number of ether oxygens (including phenoxy) is 2. The van der Waals surface area contributed by atoms with Crippen LogP contribution in [0.25, 0.3) is 11.3 Å². The SMILES string of the molecule is COc1ccc(OC)c(-c2n[nH]c(C)c2N)c1. The zero-order valence-corrected chi connectivity index (χ0v) is 10.1. The van der Waals surface area contributed by atoms with Gasteiger partial charge in [0.05, 0.1) is 25.6 Å². The Hall–Kier alpha value is -2.17. The third-order valence-electron chi connectivity index (χ3n) is 2.66. The molecule has 5 nitrogen and oxygen atoms in total. The maximum Gasteiger partial charge on any atom is 0.128 e. The number of nitrogens with zero attached hydrogens (tertiary/aromatic N) is 1. The van der Waals surface area contributed by atoms with Crippen molar-refractivity contribution in [3.05, 3.63) is 23.9 Å².